The molecule has 3 aromatic carbocycles. The average Bonchev–Trinajstić information content (AvgIpc) is 2.62. The number of anilines is 1. The number of aromatic nitrogens is 1. The molecule has 24 heavy (non-hydrogen) atoms. The van der Waals surface area contributed by atoms with Crippen LogP contribution in [0.25, 0.3) is 21.8 Å². The molecule has 0 aliphatic carbocycles. The Hall–Kier alpha value is -3.01. The first-order valence-electron chi connectivity index (χ1n) is 7.68. The largest absolute Gasteiger partial charge is 0.380 e. The van der Waals surface area contributed by atoms with Gasteiger partial charge < -0.3 is 5.32 Å². The van der Waals surface area contributed by atoms with E-state index in [1.165, 1.54) is 6.07 Å². The van der Waals surface area contributed by atoms with Crippen LogP contribution >= 0.6 is 0 Å². The summed E-state index contributed by atoms with van der Waals surface area (Å²) in [6.45, 7) is 0.196. The first-order chi connectivity index (χ1) is 11.7. The van der Waals surface area contributed by atoms with Gasteiger partial charge in [0.05, 0.1) is 16.7 Å². The second-order valence-electron chi connectivity index (χ2n) is 5.59. The van der Waals surface area contributed by atoms with Gasteiger partial charge in [-0.15, -0.1) is 0 Å². The summed E-state index contributed by atoms with van der Waals surface area (Å²) in [6, 6.07) is 19.8. The molecule has 1 N–H and O–H groups in total. The van der Waals surface area contributed by atoms with Crippen molar-refractivity contribution in [2.24, 2.45) is 0 Å². The molecule has 2 nitrogen and oxygen atoms in total. The number of fused-ring (bicyclic) bond motifs is 2. The summed E-state index contributed by atoms with van der Waals surface area (Å²) in [5.41, 5.74) is 2.89. The SMILES string of the molecule is Fc1cccc(CNc2c3ccccc3nc3ccccc23)c1F. The highest BCUT2D eigenvalue weighted by Crippen LogP contribution is 2.31. The number of nitrogens with one attached hydrogen (secondary N) is 1. The van der Waals surface area contributed by atoms with Gasteiger partial charge in [0.25, 0.3) is 0 Å². The van der Waals surface area contributed by atoms with E-state index >= 15 is 0 Å². The molecule has 0 amide bonds. The molecule has 1 heterocycles. The van der Waals surface area contributed by atoms with Crippen molar-refractivity contribution in [1.82, 2.24) is 4.98 Å². The molecule has 0 fully saturated rings. The van der Waals surface area contributed by atoms with E-state index in [0.717, 1.165) is 33.6 Å². The summed E-state index contributed by atoms with van der Waals surface area (Å²) < 4.78 is 27.3. The smallest absolute Gasteiger partial charge is 0.163 e. The summed E-state index contributed by atoms with van der Waals surface area (Å²) in [5, 5.41) is 5.17. The topological polar surface area (TPSA) is 24.9 Å². The average molecular weight is 320 g/mol. The number of nitrogens with zero attached hydrogens (tertiary/aromatic N) is 1. The predicted molar refractivity (Wildman–Crippen MR) is 92.9 cm³/mol. The number of hydrogen-bond donors (Lipinski definition) is 1. The van der Waals surface area contributed by atoms with Crippen LogP contribution in [0.5, 0.6) is 0 Å². The first-order valence-corrected chi connectivity index (χ1v) is 7.68. The Morgan fingerprint density at radius 2 is 1.38 bits per heavy atom. The van der Waals surface area contributed by atoms with Gasteiger partial charge in [-0.25, -0.2) is 13.8 Å². The molecule has 0 spiro atoms. The maximum atomic E-state index is 13.9. The Morgan fingerprint density at radius 1 is 0.750 bits per heavy atom. The minimum atomic E-state index is -0.834. The number of para-hydroxylation sites is 2. The molecule has 0 saturated carbocycles. The van der Waals surface area contributed by atoms with Crippen LogP contribution in [-0.2, 0) is 6.54 Å². The van der Waals surface area contributed by atoms with Crippen LogP contribution in [0.3, 0.4) is 0 Å². The Labute approximate surface area is 137 Å². The molecule has 0 bridgehead atoms. The second kappa shape index (κ2) is 5.89. The maximum Gasteiger partial charge on any atom is 0.163 e. The van der Waals surface area contributed by atoms with Crippen LogP contribution in [0, 0.1) is 11.6 Å². The fourth-order valence-electron chi connectivity index (χ4n) is 2.90. The lowest BCUT2D eigenvalue weighted by Crippen LogP contribution is -2.04. The summed E-state index contributed by atoms with van der Waals surface area (Å²) in [5.74, 6) is -1.65. The lowest BCUT2D eigenvalue weighted by atomic mass is 10.1. The number of hydrogen-bond acceptors (Lipinski definition) is 2. The third kappa shape index (κ3) is 2.46. The van der Waals surface area contributed by atoms with Crippen LogP contribution in [0.15, 0.2) is 66.7 Å². The van der Waals surface area contributed by atoms with Crippen molar-refractivity contribution in [3.63, 3.8) is 0 Å². The van der Waals surface area contributed by atoms with Crippen LogP contribution in [-0.4, -0.2) is 4.98 Å². The molecule has 118 valence electrons. The van der Waals surface area contributed by atoms with Gasteiger partial charge >= 0.3 is 0 Å². The number of halogens is 2. The van der Waals surface area contributed by atoms with Crippen molar-refractivity contribution in [2.45, 2.75) is 6.54 Å². The molecule has 4 heteroatoms. The molecule has 1 aromatic heterocycles. The van der Waals surface area contributed by atoms with E-state index < -0.39 is 11.6 Å². The molecule has 0 radical (unpaired) electrons. The molecular formula is C20H14F2N2. The van der Waals surface area contributed by atoms with Crippen molar-refractivity contribution >= 4 is 27.5 Å². The van der Waals surface area contributed by atoms with E-state index in [9.17, 15) is 8.78 Å². The lowest BCUT2D eigenvalue weighted by Gasteiger charge is -2.13. The molecule has 0 atom stereocenters. The van der Waals surface area contributed by atoms with Gasteiger partial charge in [0.1, 0.15) is 0 Å². The first kappa shape index (κ1) is 14.6. The summed E-state index contributed by atoms with van der Waals surface area (Å²) in [7, 11) is 0. The predicted octanol–water partition coefficient (Wildman–Crippen LogP) is 5.28. The van der Waals surface area contributed by atoms with Crippen molar-refractivity contribution in [2.75, 3.05) is 5.32 Å². The van der Waals surface area contributed by atoms with Crippen LogP contribution in [0.2, 0.25) is 0 Å². The molecule has 0 aliphatic heterocycles. The Balaban J connectivity index is 1.83. The van der Waals surface area contributed by atoms with Crippen molar-refractivity contribution < 1.29 is 8.78 Å². The molecular weight excluding hydrogens is 306 g/mol. The van der Waals surface area contributed by atoms with E-state index in [4.69, 9.17) is 0 Å². The maximum absolute atomic E-state index is 13.9. The fourth-order valence-corrected chi connectivity index (χ4v) is 2.90. The Kier molecular flexibility index (Phi) is 3.58. The quantitative estimate of drug-likeness (QED) is 0.520. The van der Waals surface area contributed by atoms with Gasteiger partial charge in [-0.05, 0) is 18.2 Å². The van der Waals surface area contributed by atoms with E-state index in [0.29, 0.717) is 5.56 Å². The highest BCUT2D eigenvalue weighted by Gasteiger charge is 2.11. The van der Waals surface area contributed by atoms with Crippen molar-refractivity contribution in [3.05, 3.63) is 83.9 Å². The molecule has 4 rings (SSSR count). The van der Waals surface area contributed by atoms with Crippen LogP contribution < -0.4 is 5.32 Å². The summed E-state index contributed by atoms with van der Waals surface area (Å²) in [4.78, 5) is 4.65. The Morgan fingerprint density at radius 3 is 2.04 bits per heavy atom. The summed E-state index contributed by atoms with van der Waals surface area (Å²) in [6.07, 6.45) is 0. The minimum Gasteiger partial charge on any atom is -0.380 e. The van der Waals surface area contributed by atoms with Gasteiger partial charge in [0.15, 0.2) is 11.6 Å². The number of benzene rings is 3. The van der Waals surface area contributed by atoms with Gasteiger partial charge in [0.2, 0.25) is 0 Å². The summed E-state index contributed by atoms with van der Waals surface area (Å²) >= 11 is 0. The minimum absolute atomic E-state index is 0.196. The third-order valence-electron chi connectivity index (χ3n) is 4.07. The van der Waals surface area contributed by atoms with E-state index in [-0.39, 0.29) is 6.54 Å². The molecule has 0 saturated heterocycles. The zero-order valence-electron chi connectivity index (χ0n) is 12.8. The molecule has 0 unspecified atom stereocenters. The van der Waals surface area contributed by atoms with Gasteiger partial charge in [-0.2, -0.15) is 0 Å². The van der Waals surface area contributed by atoms with Crippen LogP contribution in [0.1, 0.15) is 5.56 Å². The third-order valence-corrected chi connectivity index (χ3v) is 4.07. The van der Waals surface area contributed by atoms with Crippen molar-refractivity contribution in [3.8, 4) is 0 Å². The normalized spacial score (nSPS) is 11.1. The number of rotatable bonds is 3. The van der Waals surface area contributed by atoms with Gasteiger partial charge in [-0.1, -0.05) is 48.5 Å². The van der Waals surface area contributed by atoms with Crippen LogP contribution in [0.4, 0.5) is 14.5 Å². The van der Waals surface area contributed by atoms with E-state index in [1.54, 1.807) is 6.07 Å². The van der Waals surface area contributed by atoms with Crippen molar-refractivity contribution in [1.29, 1.82) is 0 Å². The zero-order valence-corrected chi connectivity index (χ0v) is 12.8. The highest BCUT2D eigenvalue weighted by atomic mass is 19.2. The van der Waals surface area contributed by atoms with Gasteiger partial charge in [0, 0.05) is 22.9 Å². The lowest BCUT2D eigenvalue weighted by molar-refractivity contribution is 0.500. The monoisotopic (exact) mass is 320 g/mol. The van der Waals surface area contributed by atoms with Gasteiger partial charge in [-0.3, -0.25) is 0 Å². The zero-order chi connectivity index (χ0) is 16.5. The number of pyridine rings is 1. The second-order valence-corrected chi connectivity index (χ2v) is 5.59. The fraction of sp³-hybridized carbons (Fsp3) is 0.0500. The standard InChI is InChI=1S/C20H14F2N2/c21-16-9-5-6-13(19(16)22)12-23-20-14-7-1-3-10-17(14)24-18-11-4-2-8-15(18)20/h1-11H,12H2,(H,23,24). The molecule has 0 aliphatic rings. The molecule has 4 aromatic rings. The van der Waals surface area contributed by atoms with E-state index in [1.807, 2.05) is 48.5 Å². The van der Waals surface area contributed by atoms with E-state index in [2.05, 4.69) is 10.3 Å². The Bertz CT molecular complexity index is 990. The highest BCUT2D eigenvalue weighted by molar-refractivity contribution is 6.07.